The van der Waals surface area contributed by atoms with Gasteiger partial charge in [-0.1, -0.05) is 12.1 Å². The number of methoxy groups -OCH3 is 2. The van der Waals surface area contributed by atoms with E-state index in [1.54, 1.807) is 0 Å². The lowest BCUT2D eigenvalue weighted by Crippen LogP contribution is -2.42. The zero-order chi connectivity index (χ0) is 23.4. The lowest BCUT2D eigenvalue weighted by molar-refractivity contribution is -0.361. The SMILES string of the molecule is COc1nc(NC(=O)NS(=O)(=O)c2ccccc2OC(F)(F)C(F)(F)F)nc(OC)n1. The summed E-state index contributed by atoms with van der Waals surface area (Å²) in [6, 6.07) is 1.04. The van der Waals surface area contributed by atoms with Crippen LogP contribution in [0.25, 0.3) is 0 Å². The molecule has 170 valence electrons. The maximum Gasteiger partial charge on any atom is 0.499 e. The molecule has 1 aromatic carbocycles. The summed E-state index contributed by atoms with van der Waals surface area (Å²) in [7, 11) is -2.63. The fraction of sp³-hybridized carbons (Fsp3) is 0.286. The van der Waals surface area contributed by atoms with Gasteiger partial charge < -0.3 is 14.2 Å². The Morgan fingerprint density at radius 2 is 1.52 bits per heavy atom. The van der Waals surface area contributed by atoms with Gasteiger partial charge in [-0.2, -0.15) is 31.9 Å². The van der Waals surface area contributed by atoms with E-state index in [4.69, 9.17) is 9.47 Å². The molecule has 0 radical (unpaired) electrons. The van der Waals surface area contributed by atoms with E-state index < -0.39 is 44.9 Å². The van der Waals surface area contributed by atoms with Crippen LogP contribution >= 0.6 is 0 Å². The number of benzene rings is 1. The number of para-hydroxylation sites is 1. The number of sulfonamides is 1. The minimum atomic E-state index is -6.12. The highest BCUT2D eigenvalue weighted by molar-refractivity contribution is 7.90. The molecule has 0 saturated heterocycles. The van der Waals surface area contributed by atoms with Crippen molar-refractivity contribution in [2.45, 2.75) is 17.2 Å². The molecule has 2 amide bonds. The van der Waals surface area contributed by atoms with Gasteiger partial charge in [0.15, 0.2) is 0 Å². The number of nitrogens with zero attached hydrogens (tertiary/aromatic N) is 3. The number of anilines is 1. The summed E-state index contributed by atoms with van der Waals surface area (Å²) in [6.45, 7) is 0. The second kappa shape index (κ2) is 8.70. The van der Waals surface area contributed by atoms with Crippen molar-refractivity contribution in [3.63, 3.8) is 0 Å². The van der Waals surface area contributed by atoms with Crippen LogP contribution in [0.3, 0.4) is 0 Å². The van der Waals surface area contributed by atoms with Crippen LogP contribution in [-0.4, -0.2) is 55.9 Å². The standard InChI is InChI=1S/C14H12F5N5O6S/c1-28-11-21-9(22-12(23-11)29-2)20-10(25)24-31(26,27)8-6-4-3-5-7(8)30-14(18,19)13(15,16)17/h3-6H,1-2H3,(H2,20,21,22,23,24,25). The molecule has 0 bridgehead atoms. The van der Waals surface area contributed by atoms with E-state index in [9.17, 15) is 35.2 Å². The lowest BCUT2D eigenvalue weighted by atomic mass is 10.3. The average Bonchev–Trinajstić information content (AvgIpc) is 2.66. The number of rotatable bonds is 7. The molecule has 2 aromatic rings. The Balaban J connectivity index is 2.26. The van der Waals surface area contributed by atoms with Gasteiger partial charge in [0.1, 0.15) is 10.6 Å². The number of amides is 2. The summed E-state index contributed by atoms with van der Waals surface area (Å²) in [5.74, 6) is -1.88. The van der Waals surface area contributed by atoms with E-state index >= 15 is 0 Å². The van der Waals surface area contributed by atoms with Crippen LogP contribution < -0.4 is 24.2 Å². The Labute approximate surface area is 170 Å². The molecular weight excluding hydrogens is 461 g/mol. The van der Waals surface area contributed by atoms with Gasteiger partial charge in [0.2, 0.25) is 5.95 Å². The van der Waals surface area contributed by atoms with Crippen LogP contribution in [0.1, 0.15) is 0 Å². The minimum absolute atomic E-state index is 0.307. The molecule has 0 atom stereocenters. The van der Waals surface area contributed by atoms with Crippen LogP contribution in [0.2, 0.25) is 0 Å². The van der Waals surface area contributed by atoms with Gasteiger partial charge >= 0.3 is 30.3 Å². The summed E-state index contributed by atoms with van der Waals surface area (Å²) < 4.78 is 103. The number of carbonyl (C=O) groups excluding carboxylic acids is 1. The first kappa shape index (κ1) is 23.8. The number of aromatic nitrogens is 3. The van der Waals surface area contributed by atoms with Crippen LogP contribution in [0.15, 0.2) is 29.2 Å². The van der Waals surface area contributed by atoms with Crippen molar-refractivity contribution in [3.05, 3.63) is 24.3 Å². The number of ether oxygens (including phenoxy) is 3. The molecule has 11 nitrogen and oxygen atoms in total. The third kappa shape index (κ3) is 5.77. The molecule has 0 unspecified atom stereocenters. The van der Waals surface area contributed by atoms with Gasteiger partial charge in [-0.25, -0.2) is 17.9 Å². The molecule has 0 aliphatic heterocycles. The number of alkyl halides is 5. The van der Waals surface area contributed by atoms with Crippen LogP contribution in [-0.2, 0) is 10.0 Å². The summed E-state index contributed by atoms with van der Waals surface area (Å²) in [5.41, 5.74) is 0. The predicted molar refractivity (Wildman–Crippen MR) is 90.3 cm³/mol. The van der Waals surface area contributed by atoms with E-state index in [0.29, 0.717) is 12.1 Å². The highest BCUT2D eigenvalue weighted by Gasteiger charge is 2.61. The van der Waals surface area contributed by atoms with E-state index in [2.05, 4.69) is 19.7 Å². The molecular formula is C14H12F5N5O6S. The number of hydrogen-bond acceptors (Lipinski definition) is 9. The van der Waals surface area contributed by atoms with E-state index in [1.165, 1.54) is 18.9 Å². The van der Waals surface area contributed by atoms with Crippen molar-refractivity contribution in [1.29, 1.82) is 0 Å². The molecule has 2 rings (SSSR count). The molecule has 17 heteroatoms. The Morgan fingerprint density at radius 3 is 2.03 bits per heavy atom. The van der Waals surface area contributed by atoms with Crippen LogP contribution in [0.5, 0.6) is 17.8 Å². The molecule has 1 aromatic heterocycles. The minimum Gasteiger partial charge on any atom is -0.467 e. The smallest absolute Gasteiger partial charge is 0.467 e. The van der Waals surface area contributed by atoms with Crippen LogP contribution in [0.4, 0.5) is 32.7 Å². The summed E-state index contributed by atoms with van der Waals surface area (Å²) >= 11 is 0. The van der Waals surface area contributed by atoms with Gasteiger partial charge in [-0.3, -0.25) is 5.32 Å². The molecule has 0 fully saturated rings. The number of carbonyl (C=O) groups is 1. The highest BCUT2D eigenvalue weighted by atomic mass is 32.2. The second-order valence-electron chi connectivity index (χ2n) is 5.26. The third-order valence-electron chi connectivity index (χ3n) is 3.12. The van der Waals surface area contributed by atoms with Crippen molar-refractivity contribution < 1.29 is 49.4 Å². The molecule has 0 aliphatic carbocycles. The third-order valence-corrected chi connectivity index (χ3v) is 4.49. The number of halogens is 5. The fourth-order valence-electron chi connectivity index (χ4n) is 1.83. The lowest BCUT2D eigenvalue weighted by Gasteiger charge is -2.21. The molecule has 0 spiro atoms. The molecule has 31 heavy (non-hydrogen) atoms. The normalized spacial score (nSPS) is 12.1. The van der Waals surface area contributed by atoms with Gasteiger partial charge in [0.25, 0.3) is 10.0 Å². The highest BCUT2D eigenvalue weighted by Crippen LogP contribution is 2.39. The maximum absolute atomic E-state index is 13.2. The second-order valence-corrected chi connectivity index (χ2v) is 6.91. The number of hydrogen-bond donors (Lipinski definition) is 2. The molecule has 1 heterocycles. The predicted octanol–water partition coefficient (Wildman–Crippen LogP) is 1.93. The van der Waals surface area contributed by atoms with Crippen molar-refractivity contribution in [1.82, 2.24) is 19.7 Å². The molecule has 2 N–H and O–H groups in total. The van der Waals surface area contributed by atoms with Crippen LogP contribution in [0, 0.1) is 0 Å². The van der Waals surface area contributed by atoms with E-state index in [1.807, 2.05) is 5.32 Å². The Hall–Kier alpha value is -3.50. The first-order valence-corrected chi connectivity index (χ1v) is 9.18. The maximum atomic E-state index is 13.2. The summed E-state index contributed by atoms with van der Waals surface area (Å²) in [4.78, 5) is 21.7. The van der Waals surface area contributed by atoms with Crippen molar-refractivity contribution in [3.8, 4) is 17.8 Å². The monoisotopic (exact) mass is 473 g/mol. The summed E-state index contributed by atoms with van der Waals surface area (Å²) in [6.07, 6.45) is -11.8. The Kier molecular flexibility index (Phi) is 6.67. The first-order valence-electron chi connectivity index (χ1n) is 7.69. The van der Waals surface area contributed by atoms with Gasteiger partial charge in [-0.15, -0.1) is 4.98 Å². The zero-order valence-corrected chi connectivity index (χ0v) is 16.2. The van der Waals surface area contributed by atoms with Crippen molar-refractivity contribution in [2.75, 3.05) is 19.5 Å². The molecule has 0 aliphatic rings. The van der Waals surface area contributed by atoms with E-state index in [-0.39, 0.29) is 12.0 Å². The van der Waals surface area contributed by atoms with Gasteiger partial charge in [0, 0.05) is 0 Å². The first-order chi connectivity index (χ1) is 14.3. The van der Waals surface area contributed by atoms with Gasteiger partial charge in [0.05, 0.1) is 14.2 Å². The van der Waals surface area contributed by atoms with Crippen molar-refractivity contribution >= 4 is 22.0 Å². The average molecular weight is 473 g/mol. The summed E-state index contributed by atoms with van der Waals surface area (Å²) in [5, 5.41) is 1.89. The topological polar surface area (TPSA) is 142 Å². The zero-order valence-electron chi connectivity index (χ0n) is 15.4. The van der Waals surface area contributed by atoms with E-state index in [0.717, 1.165) is 12.1 Å². The number of urea groups is 1. The molecule has 0 saturated carbocycles. The van der Waals surface area contributed by atoms with Gasteiger partial charge in [-0.05, 0) is 12.1 Å². The fourth-order valence-corrected chi connectivity index (χ4v) is 2.87. The Morgan fingerprint density at radius 1 is 0.968 bits per heavy atom. The number of nitrogens with one attached hydrogen (secondary N) is 2. The Bertz CT molecular complexity index is 1040. The quantitative estimate of drug-likeness (QED) is 0.577. The largest absolute Gasteiger partial charge is 0.499 e. The van der Waals surface area contributed by atoms with Crippen molar-refractivity contribution in [2.24, 2.45) is 0 Å².